The molecule has 0 bridgehead atoms. The van der Waals surface area contributed by atoms with E-state index in [4.69, 9.17) is 11.1 Å². The van der Waals surface area contributed by atoms with E-state index in [9.17, 15) is 0 Å². The van der Waals surface area contributed by atoms with Crippen molar-refractivity contribution in [3.8, 4) is 0 Å². The molecule has 1 rings (SSSR count). The van der Waals surface area contributed by atoms with Gasteiger partial charge in [-0.1, -0.05) is 13.8 Å². The van der Waals surface area contributed by atoms with E-state index in [1.807, 2.05) is 31.5 Å². The quantitative estimate of drug-likeness (QED) is 0.555. The van der Waals surface area contributed by atoms with Gasteiger partial charge >= 0.3 is 0 Å². The first kappa shape index (κ1) is 13.6. The lowest BCUT2D eigenvalue weighted by atomic mass is 10.1. The van der Waals surface area contributed by atoms with E-state index in [1.54, 1.807) is 0 Å². The Kier molecular flexibility index (Phi) is 5.63. The van der Waals surface area contributed by atoms with Crippen molar-refractivity contribution in [2.45, 2.75) is 20.3 Å². The molecule has 3 N–H and O–H groups in total. The molecule has 1 unspecified atom stereocenters. The van der Waals surface area contributed by atoms with Crippen molar-refractivity contribution in [2.24, 2.45) is 11.7 Å². The highest BCUT2D eigenvalue weighted by atomic mass is 15.1. The topological polar surface area (TPSA) is 66.0 Å². The Bertz CT molecular complexity index is 337. The predicted octanol–water partition coefficient (Wildman–Crippen LogP) is 1.52. The minimum Gasteiger partial charge on any atom is -0.387 e. The second-order valence-electron chi connectivity index (χ2n) is 4.36. The molecular weight excluding hydrogens is 212 g/mol. The zero-order valence-corrected chi connectivity index (χ0v) is 10.7. The van der Waals surface area contributed by atoms with Crippen LogP contribution in [0.1, 0.15) is 19.4 Å². The highest BCUT2D eigenvalue weighted by Gasteiger charge is 2.10. The SMILES string of the molecule is CCN(CCc1ccncc1)CC(C)C(=N)N. The number of nitrogens with zero attached hydrogens (tertiary/aromatic N) is 2. The van der Waals surface area contributed by atoms with Crippen molar-refractivity contribution in [3.63, 3.8) is 0 Å². The van der Waals surface area contributed by atoms with Gasteiger partial charge in [-0.25, -0.2) is 0 Å². The predicted molar refractivity (Wildman–Crippen MR) is 71.1 cm³/mol. The molecule has 0 aromatic carbocycles. The van der Waals surface area contributed by atoms with Crippen molar-refractivity contribution in [3.05, 3.63) is 30.1 Å². The van der Waals surface area contributed by atoms with Gasteiger partial charge in [-0.05, 0) is 30.7 Å². The summed E-state index contributed by atoms with van der Waals surface area (Å²) in [5.41, 5.74) is 6.79. The van der Waals surface area contributed by atoms with Gasteiger partial charge in [0.1, 0.15) is 0 Å². The van der Waals surface area contributed by atoms with E-state index in [2.05, 4.69) is 16.8 Å². The van der Waals surface area contributed by atoms with Crippen molar-refractivity contribution >= 4 is 5.84 Å². The van der Waals surface area contributed by atoms with Gasteiger partial charge in [0.25, 0.3) is 0 Å². The molecule has 1 heterocycles. The maximum Gasteiger partial charge on any atom is 0.0947 e. The number of aromatic nitrogens is 1. The fourth-order valence-corrected chi connectivity index (χ4v) is 1.70. The number of rotatable bonds is 7. The second-order valence-corrected chi connectivity index (χ2v) is 4.36. The molecule has 1 atom stereocenters. The molecule has 1 aromatic rings. The Morgan fingerprint density at radius 2 is 2.12 bits per heavy atom. The molecule has 0 saturated heterocycles. The summed E-state index contributed by atoms with van der Waals surface area (Å²) in [6, 6.07) is 4.09. The number of pyridine rings is 1. The van der Waals surface area contributed by atoms with Gasteiger partial charge in [-0.3, -0.25) is 10.4 Å². The van der Waals surface area contributed by atoms with Crippen LogP contribution in [-0.2, 0) is 6.42 Å². The molecule has 4 nitrogen and oxygen atoms in total. The monoisotopic (exact) mass is 234 g/mol. The first-order valence-electron chi connectivity index (χ1n) is 6.08. The van der Waals surface area contributed by atoms with E-state index < -0.39 is 0 Å². The summed E-state index contributed by atoms with van der Waals surface area (Å²) in [6.07, 6.45) is 4.66. The van der Waals surface area contributed by atoms with Gasteiger partial charge in [0, 0.05) is 31.4 Å². The van der Waals surface area contributed by atoms with Crippen LogP contribution in [0.5, 0.6) is 0 Å². The maximum absolute atomic E-state index is 7.41. The number of nitrogens with one attached hydrogen (secondary N) is 1. The van der Waals surface area contributed by atoms with Crippen LogP contribution < -0.4 is 5.73 Å². The average Bonchev–Trinajstić information content (AvgIpc) is 2.35. The van der Waals surface area contributed by atoms with Crippen LogP contribution in [0.15, 0.2) is 24.5 Å². The summed E-state index contributed by atoms with van der Waals surface area (Å²) in [5, 5.41) is 7.41. The molecule has 94 valence electrons. The molecular formula is C13H22N4. The molecule has 0 amide bonds. The van der Waals surface area contributed by atoms with Gasteiger partial charge in [0.05, 0.1) is 5.84 Å². The van der Waals surface area contributed by atoms with Crippen LogP contribution in [0.25, 0.3) is 0 Å². The maximum atomic E-state index is 7.41. The van der Waals surface area contributed by atoms with Crippen LogP contribution in [-0.4, -0.2) is 35.4 Å². The van der Waals surface area contributed by atoms with Gasteiger partial charge in [0.15, 0.2) is 0 Å². The number of hydrogen-bond donors (Lipinski definition) is 2. The first-order valence-corrected chi connectivity index (χ1v) is 6.08. The third kappa shape index (κ3) is 4.95. The lowest BCUT2D eigenvalue weighted by Gasteiger charge is -2.23. The van der Waals surface area contributed by atoms with Gasteiger partial charge in [0.2, 0.25) is 0 Å². The van der Waals surface area contributed by atoms with Crippen molar-refractivity contribution in [2.75, 3.05) is 19.6 Å². The zero-order chi connectivity index (χ0) is 12.7. The molecule has 0 aliphatic rings. The Labute approximate surface area is 103 Å². The molecule has 1 aromatic heterocycles. The summed E-state index contributed by atoms with van der Waals surface area (Å²) < 4.78 is 0. The van der Waals surface area contributed by atoms with Crippen LogP contribution >= 0.6 is 0 Å². The number of amidine groups is 1. The van der Waals surface area contributed by atoms with Crippen LogP contribution in [0.4, 0.5) is 0 Å². The van der Waals surface area contributed by atoms with E-state index in [1.165, 1.54) is 5.56 Å². The van der Waals surface area contributed by atoms with Gasteiger partial charge in [-0.15, -0.1) is 0 Å². The Morgan fingerprint density at radius 1 is 1.47 bits per heavy atom. The van der Waals surface area contributed by atoms with Crippen molar-refractivity contribution < 1.29 is 0 Å². The lowest BCUT2D eigenvalue weighted by Crippen LogP contribution is -2.35. The zero-order valence-electron chi connectivity index (χ0n) is 10.7. The minimum atomic E-state index is 0.132. The largest absolute Gasteiger partial charge is 0.387 e. The highest BCUT2D eigenvalue weighted by Crippen LogP contribution is 2.03. The van der Waals surface area contributed by atoms with Gasteiger partial charge < -0.3 is 10.6 Å². The molecule has 4 heteroatoms. The van der Waals surface area contributed by atoms with Crippen LogP contribution in [0.2, 0.25) is 0 Å². The summed E-state index contributed by atoms with van der Waals surface area (Å²) in [4.78, 5) is 6.33. The summed E-state index contributed by atoms with van der Waals surface area (Å²) in [6.45, 7) is 6.98. The van der Waals surface area contributed by atoms with Crippen molar-refractivity contribution in [1.29, 1.82) is 5.41 Å². The number of hydrogen-bond acceptors (Lipinski definition) is 3. The van der Waals surface area contributed by atoms with E-state index in [0.717, 1.165) is 26.1 Å². The number of likely N-dealkylation sites (N-methyl/N-ethyl adjacent to an activating group) is 1. The number of nitrogens with two attached hydrogens (primary N) is 1. The minimum absolute atomic E-state index is 0.132. The summed E-state index contributed by atoms with van der Waals surface area (Å²) in [7, 11) is 0. The molecule has 0 fully saturated rings. The Hall–Kier alpha value is -1.42. The molecule has 0 aliphatic heterocycles. The average molecular weight is 234 g/mol. The lowest BCUT2D eigenvalue weighted by molar-refractivity contribution is 0.274. The van der Waals surface area contributed by atoms with E-state index in [-0.39, 0.29) is 11.8 Å². The van der Waals surface area contributed by atoms with Crippen molar-refractivity contribution in [1.82, 2.24) is 9.88 Å². The molecule has 0 saturated carbocycles. The Balaban J connectivity index is 2.40. The molecule has 0 spiro atoms. The normalized spacial score (nSPS) is 12.6. The fourth-order valence-electron chi connectivity index (χ4n) is 1.70. The molecule has 0 radical (unpaired) electrons. The van der Waals surface area contributed by atoms with Gasteiger partial charge in [-0.2, -0.15) is 0 Å². The molecule has 17 heavy (non-hydrogen) atoms. The summed E-state index contributed by atoms with van der Waals surface area (Å²) >= 11 is 0. The van der Waals surface area contributed by atoms with Crippen LogP contribution in [0.3, 0.4) is 0 Å². The van der Waals surface area contributed by atoms with Crippen LogP contribution in [0, 0.1) is 11.3 Å². The fraction of sp³-hybridized carbons (Fsp3) is 0.538. The standard InChI is InChI=1S/C13H22N4/c1-3-17(10-11(2)13(14)15)9-6-12-4-7-16-8-5-12/h4-5,7-8,11H,3,6,9-10H2,1-2H3,(H3,14,15). The molecule has 0 aliphatic carbocycles. The summed E-state index contributed by atoms with van der Waals surface area (Å²) in [5.74, 6) is 0.403. The smallest absolute Gasteiger partial charge is 0.0947 e. The first-order chi connectivity index (χ1) is 8.13. The van der Waals surface area contributed by atoms with E-state index >= 15 is 0 Å². The second kappa shape index (κ2) is 7.01. The van der Waals surface area contributed by atoms with E-state index in [0.29, 0.717) is 0 Å². The third-order valence-corrected chi connectivity index (χ3v) is 2.98. The Morgan fingerprint density at radius 3 is 2.65 bits per heavy atom. The highest BCUT2D eigenvalue weighted by molar-refractivity contribution is 5.79. The third-order valence-electron chi connectivity index (χ3n) is 2.98.